The van der Waals surface area contributed by atoms with Crippen molar-refractivity contribution in [1.29, 1.82) is 0 Å². The van der Waals surface area contributed by atoms with Crippen LogP contribution >= 0.6 is 15.9 Å². The topological polar surface area (TPSA) is 20.3 Å². The van der Waals surface area contributed by atoms with E-state index in [4.69, 9.17) is 0 Å². The molecule has 0 N–H and O–H groups in total. The standard InChI is InChI=1S/C18H24BrNO/c1-20(17-9-5-4-8-16(17)19)18(21)15-11-10-13-6-2-3-7-14(13)12-15/h2-3,6-7,15-17H,4-5,8-12H2,1H3. The number of aryl methyl sites for hydroxylation is 1. The monoisotopic (exact) mass is 349 g/mol. The van der Waals surface area contributed by atoms with E-state index in [2.05, 4.69) is 40.2 Å². The molecule has 0 radical (unpaired) electrons. The van der Waals surface area contributed by atoms with Crippen LogP contribution in [-0.4, -0.2) is 28.7 Å². The van der Waals surface area contributed by atoms with Crippen LogP contribution in [0.1, 0.15) is 43.2 Å². The summed E-state index contributed by atoms with van der Waals surface area (Å²) in [5.74, 6) is 0.521. The third-order valence-electron chi connectivity index (χ3n) is 5.19. The van der Waals surface area contributed by atoms with Crippen molar-refractivity contribution in [3.8, 4) is 0 Å². The number of nitrogens with zero attached hydrogens (tertiary/aromatic N) is 1. The fraction of sp³-hybridized carbons (Fsp3) is 0.611. The highest BCUT2D eigenvalue weighted by molar-refractivity contribution is 9.09. The number of fused-ring (bicyclic) bond motifs is 1. The first-order valence-corrected chi connectivity index (χ1v) is 9.06. The highest BCUT2D eigenvalue weighted by atomic mass is 79.9. The van der Waals surface area contributed by atoms with E-state index in [0.717, 1.165) is 25.7 Å². The number of benzene rings is 1. The number of hydrogen-bond donors (Lipinski definition) is 0. The van der Waals surface area contributed by atoms with Gasteiger partial charge in [0.1, 0.15) is 0 Å². The van der Waals surface area contributed by atoms with Crippen molar-refractivity contribution in [1.82, 2.24) is 4.90 Å². The predicted octanol–water partition coefficient (Wildman–Crippen LogP) is 3.96. The van der Waals surface area contributed by atoms with Gasteiger partial charge in [0.05, 0.1) is 0 Å². The number of carbonyl (C=O) groups is 1. The Bertz CT molecular complexity index is 516. The second-order valence-corrected chi connectivity index (χ2v) is 7.70. The second kappa shape index (κ2) is 6.51. The Kier molecular flexibility index (Phi) is 4.68. The lowest BCUT2D eigenvalue weighted by Crippen LogP contribution is -2.47. The second-order valence-electron chi connectivity index (χ2n) is 6.53. The summed E-state index contributed by atoms with van der Waals surface area (Å²) in [6, 6.07) is 8.96. The van der Waals surface area contributed by atoms with Crippen LogP contribution in [0.15, 0.2) is 24.3 Å². The summed E-state index contributed by atoms with van der Waals surface area (Å²) < 4.78 is 0. The van der Waals surface area contributed by atoms with Crippen LogP contribution in [0.25, 0.3) is 0 Å². The molecular formula is C18H24BrNO. The van der Waals surface area contributed by atoms with Gasteiger partial charge < -0.3 is 4.90 Å². The highest BCUT2D eigenvalue weighted by Crippen LogP contribution is 2.31. The molecule has 3 heteroatoms. The zero-order valence-electron chi connectivity index (χ0n) is 12.7. The molecule has 114 valence electrons. The summed E-state index contributed by atoms with van der Waals surface area (Å²) in [6.07, 6.45) is 7.82. The Labute approximate surface area is 136 Å². The van der Waals surface area contributed by atoms with Crippen LogP contribution in [-0.2, 0) is 17.6 Å². The fourth-order valence-electron chi connectivity index (χ4n) is 3.86. The van der Waals surface area contributed by atoms with Gasteiger partial charge in [0.15, 0.2) is 0 Å². The summed E-state index contributed by atoms with van der Waals surface area (Å²) in [6.45, 7) is 0. The van der Waals surface area contributed by atoms with Crippen molar-refractivity contribution >= 4 is 21.8 Å². The van der Waals surface area contributed by atoms with Gasteiger partial charge in [-0.05, 0) is 43.2 Å². The van der Waals surface area contributed by atoms with Gasteiger partial charge >= 0.3 is 0 Å². The van der Waals surface area contributed by atoms with Crippen molar-refractivity contribution < 1.29 is 4.79 Å². The normalized spacial score (nSPS) is 28.8. The quantitative estimate of drug-likeness (QED) is 0.740. The molecule has 3 rings (SSSR count). The van der Waals surface area contributed by atoms with Crippen molar-refractivity contribution in [2.75, 3.05) is 7.05 Å². The summed E-state index contributed by atoms with van der Waals surface area (Å²) in [7, 11) is 2.01. The number of rotatable bonds is 2. The molecule has 0 aromatic heterocycles. The van der Waals surface area contributed by atoms with Gasteiger partial charge in [-0.3, -0.25) is 4.79 Å². The lowest BCUT2D eigenvalue weighted by Gasteiger charge is -2.38. The molecule has 2 aliphatic carbocycles. The molecule has 3 atom stereocenters. The van der Waals surface area contributed by atoms with Gasteiger partial charge in [-0.1, -0.05) is 53.0 Å². The van der Waals surface area contributed by atoms with Crippen LogP contribution in [0.5, 0.6) is 0 Å². The molecule has 1 aromatic rings. The predicted molar refractivity (Wildman–Crippen MR) is 89.7 cm³/mol. The van der Waals surface area contributed by atoms with E-state index in [-0.39, 0.29) is 5.92 Å². The lowest BCUT2D eigenvalue weighted by atomic mass is 9.82. The molecule has 2 nitrogen and oxygen atoms in total. The molecule has 1 saturated carbocycles. The average molecular weight is 350 g/mol. The Hall–Kier alpha value is -0.830. The van der Waals surface area contributed by atoms with E-state index in [1.165, 1.54) is 30.4 Å². The van der Waals surface area contributed by atoms with E-state index in [1.807, 2.05) is 11.9 Å². The van der Waals surface area contributed by atoms with Gasteiger partial charge in [0, 0.05) is 23.8 Å². The van der Waals surface area contributed by atoms with E-state index >= 15 is 0 Å². The summed E-state index contributed by atoms with van der Waals surface area (Å²) in [4.78, 5) is 15.4. The average Bonchev–Trinajstić information content (AvgIpc) is 2.53. The number of carbonyl (C=O) groups excluding carboxylic acids is 1. The summed E-state index contributed by atoms with van der Waals surface area (Å²) >= 11 is 3.78. The maximum atomic E-state index is 12.9. The molecule has 1 amide bonds. The number of halogens is 1. The molecule has 1 aromatic carbocycles. The number of hydrogen-bond acceptors (Lipinski definition) is 1. The SMILES string of the molecule is CN(C(=O)C1CCc2ccccc2C1)C1CCCCC1Br. The zero-order valence-corrected chi connectivity index (χ0v) is 14.3. The van der Waals surface area contributed by atoms with E-state index in [9.17, 15) is 4.79 Å². The van der Waals surface area contributed by atoms with E-state index in [1.54, 1.807) is 0 Å². The molecule has 0 bridgehead atoms. The third kappa shape index (κ3) is 3.18. The first kappa shape index (κ1) is 15.1. The number of alkyl halides is 1. The minimum absolute atomic E-state index is 0.173. The van der Waals surface area contributed by atoms with Gasteiger partial charge in [0.2, 0.25) is 5.91 Å². The van der Waals surface area contributed by atoms with E-state index in [0.29, 0.717) is 16.8 Å². The van der Waals surface area contributed by atoms with Crippen LogP contribution in [0.3, 0.4) is 0 Å². The Balaban J connectivity index is 1.68. The van der Waals surface area contributed by atoms with Crippen molar-refractivity contribution in [3.05, 3.63) is 35.4 Å². The van der Waals surface area contributed by atoms with Crippen LogP contribution in [0.4, 0.5) is 0 Å². The van der Waals surface area contributed by atoms with Crippen molar-refractivity contribution in [2.45, 2.75) is 55.8 Å². The summed E-state index contributed by atoms with van der Waals surface area (Å²) in [5, 5.41) is 0. The Morgan fingerprint density at radius 2 is 1.86 bits per heavy atom. The van der Waals surface area contributed by atoms with Gasteiger partial charge in [-0.25, -0.2) is 0 Å². The molecule has 2 aliphatic rings. The molecule has 0 aliphatic heterocycles. The smallest absolute Gasteiger partial charge is 0.226 e. The Morgan fingerprint density at radius 3 is 2.62 bits per heavy atom. The summed E-state index contributed by atoms with van der Waals surface area (Å²) in [5.41, 5.74) is 2.80. The van der Waals surface area contributed by atoms with Crippen LogP contribution in [0.2, 0.25) is 0 Å². The van der Waals surface area contributed by atoms with Crippen molar-refractivity contribution in [2.24, 2.45) is 5.92 Å². The first-order valence-electron chi connectivity index (χ1n) is 8.14. The Morgan fingerprint density at radius 1 is 1.14 bits per heavy atom. The van der Waals surface area contributed by atoms with Crippen LogP contribution < -0.4 is 0 Å². The third-order valence-corrected chi connectivity index (χ3v) is 6.26. The molecule has 1 fully saturated rings. The minimum atomic E-state index is 0.173. The first-order chi connectivity index (χ1) is 10.2. The van der Waals surface area contributed by atoms with Gasteiger partial charge in [-0.15, -0.1) is 0 Å². The lowest BCUT2D eigenvalue weighted by molar-refractivity contribution is -0.137. The fourth-order valence-corrected chi connectivity index (χ4v) is 4.81. The molecule has 0 saturated heterocycles. The van der Waals surface area contributed by atoms with Gasteiger partial charge in [-0.2, -0.15) is 0 Å². The maximum Gasteiger partial charge on any atom is 0.226 e. The van der Waals surface area contributed by atoms with E-state index < -0.39 is 0 Å². The van der Waals surface area contributed by atoms with Crippen LogP contribution in [0, 0.1) is 5.92 Å². The van der Waals surface area contributed by atoms with Crippen molar-refractivity contribution in [3.63, 3.8) is 0 Å². The highest BCUT2D eigenvalue weighted by Gasteiger charge is 2.33. The zero-order chi connectivity index (χ0) is 14.8. The largest absolute Gasteiger partial charge is 0.341 e. The molecule has 3 unspecified atom stereocenters. The molecule has 0 spiro atoms. The van der Waals surface area contributed by atoms with Gasteiger partial charge in [0.25, 0.3) is 0 Å². The molecule has 0 heterocycles. The molecule has 21 heavy (non-hydrogen) atoms. The maximum absolute atomic E-state index is 12.9. The number of amides is 1. The molecular weight excluding hydrogens is 326 g/mol. The minimum Gasteiger partial charge on any atom is -0.341 e.